The number of imidazole rings is 1. The minimum absolute atomic E-state index is 0.0456. The molecule has 0 aliphatic carbocycles. The Morgan fingerprint density at radius 1 is 1.57 bits per heavy atom. The molecule has 1 aromatic heterocycles. The Morgan fingerprint density at radius 2 is 2.29 bits per heavy atom. The first-order valence-corrected chi connectivity index (χ1v) is 7.18. The number of nitrogens with zero attached hydrogens (tertiary/aromatic N) is 3. The Hall–Kier alpha value is -1.95. The second kappa shape index (κ2) is 7.17. The molecule has 0 amide bonds. The molecule has 0 unspecified atom stereocenters. The zero-order valence-electron chi connectivity index (χ0n) is 12.6. The number of carbonyl (C=O) groups excluding carboxylic acids is 1. The molecular formula is C15H22N4O2. The van der Waals surface area contributed by atoms with Crippen LogP contribution in [0.25, 0.3) is 0 Å². The van der Waals surface area contributed by atoms with Crippen molar-refractivity contribution in [2.24, 2.45) is 12.0 Å². The molecule has 1 fully saturated rings. The monoisotopic (exact) mass is 290 g/mol. The zero-order valence-corrected chi connectivity index (χ0v) is 12.6. The highest BCUT2D eigenvalue weighted by Crippen LogP contribution is 2.24. The minimum Gasteiger partial charge on any atom is -0.381 e. The highest BCUT2D eigenvalue weighted by molar-refractivity contribution is 5.97. The largest absolute Gasteiger partial charge is 0.381 e. The number of allylic oxidation sites excluding steroid dienone is 1. The van der Waals surface area contributed by atoms with Crippen LogP contribution in [0.1, 0.15) is 36.7 Å². The van der Waals surface area contributed by atoms with Crippen molar-refractivity contribution in [3.8, 4) is 0 Å². The SMILES string of the molecule is C=CCC=Nc1nc(NC2CCOCC2)n(C)c1C(C)=O. The van der Waals surface area contributed by atoms with Crippen LogP contribution in [0.4, 0.5) is 11.8 Å². The molecule has 6 nitrogen and oxygen atoms in total. The maximum Gasteiger partial charge on any atom is 0.205 e. The fourth-order valence-corrected chi connectivity index (χ4v) is 2.34. The summed E-state index contributed by atoms with van der Waals surface area (Å²) in [7, 11) is 1.83. The van der Waals surface area contributed by atoms with E-state index in [1.165, 1.54) is 6.92 Å². The topological polar surface area (TPSA) is 68.5 Å². The molecule has 1 aliphatic heterocycles. The van der Waals surface area contributed by atoms with E-state index in [-0.39, 0.29) is 5.78 Å². The molecule has 0 radical (unpaired) electrons. The predicted molar refractivity (Wildman–Crippen MR) is 83.6 cm³/mol. The number of ketones is 1. The van der Waals surface area contributed by atoms with E-state index in [1.807, 2.05) is 7.05 Å². The first-order valence-electron chi connectivity index (χ1n) is 7.18. The number of aliphatic imine (C=N–C) groups is 1. The van der Waals surface area contributed by atoms with Gasteiger partial charge in [-0.3, -0.25) is 4.79 Å². The van der Waals surface area contributed by atoms with Gasteiger partial charge in [-0.25, -0.2) is 4.99 Å². The van der Waals surface area contributed by atoms with Crippen molar-refractivity contribution in [3.05, 3.63) is 18.3 Å². The molecule has 1 N–H and O–H groups in total. The molecule has 2 rings (SSSR count). The molecule has 0 atom stereocenters. The normalized spacial score (nSPS) is 16.3. The number of aromatic nitrogens is 2. The van der Waals surface area contributed by atoms with Crippen molar-refractivity contribution < 1.29 is 9.53 Å². The third-order valence-electron chi connectivity index (χ3n) is 3.45. The van der Waals surface area contributed by atoms with Crippen LogP contribution in [0.2, 0.25) is 0 Å². The summed E-state index contributed by atoms with van der Waals surface area (Å²) >= 11 is 0. The van der Waals surface area contributed by atoms with Gasteiger partial charge in [-0.05, 0) is 12.8 Å². The molecule has 0 saturated carbocycles. The summed E-state index contributed by atoms with van der Waals surface area (Å²) in [4.78, 5) is 20.6. The van der Waals surface area contributed by atoms with Gasteiger partial charge >= 0.3 is 0 Å². The Kier molecular flexibility index (Phi) is 5.27. The van der Waals surface area contributed by atoms with E-state index in [9.17, 15) is 4.79 Å². The number of carbonyl (C=O) groups is 1. The minimum atomic E-state index is -0.0456. The second-order valence-electron chi connectivity index (χ2n) is 5.09. The van der Waals surface area contributed by atoms with Gasteiger partial charge in [-0.1, -0.05) is 6.08 Å². The summed E-state index contributed by atoms with van der Waals surface area (Å²) < 4.78 is 7.12. The van der Waals surface area contributed by atoms with E-state index in [1.54, 1.807) is 16.9 Å². The van der Waals surface area contributed by atoms with Crippen LogP contribution >= 0.6 is 0 Å². The summed E-state index contributed by atoms with van der Waals surface area (Å²) in [5.74, 6) is 1.09. The molecule has 114 valence electrons. The molecule has 6 heteroatoms. The highest BCUT2D eigenvalue weighted by atomic mass is 16.5. The number of rotatable bonds is 6. The van der Waals surface area contributed by atoms with Crippen molar-refractivity contribution in [1.82, 2.24) is 9.55 Å². The second-order valence-corrected chi connectivity index (χ2v) is 5.09. The van der Waals surface area contributed by atoms with Crippen LogP contribution in [-0.4, -0.2) is 40.8 Å². The van der Waals surface area contributed by atoms with E-state index >= 15 is 0 Å². The quantitative estimate of drug-likeness (QED) is 0.496. The molecule has 1 aromatic rings. The Labute approximate surface area is 124 Å². The fourth-order valence-electron chi connectivity index (χ4n) is 2.34. The molecular weight excluding hydrogens is 268 g/mol. The lowest BCUT2D eigenvalue weighted by atomic mass is 10.1. The predicted octanol–water partition coefficient (Wildman–Crippen LogP) is 2.49. The molecule has 21 heavy (non-hydrogen) atoms. The van der Waals surface area contributed by atoms with Gasteiger partial charge < -0.3 is 14.6 Å². The first kappa shape index (κ1) is 15.4. The lowest BCUT2D eigenvalue weighted by Gasteiger charge is -2.23. The van der Waals surface area contributed by atoms with Crippen molar-refractivity contribution in [1.29, 1.82) is 0 Å². The molecule has 2 heterocycles. The summed E-state index contributed by atoms with van der Waals surface area (Å²) in [6, 6.07) is 0.324. The van der Waals surface area contributed by atoms with Crippen molar-refractivity contribution in [2.75, 3.05) is 18.5 Å². The van der Waals surface area contributed by atoms with Gasteiger partial charge in [0, 0.05) is 45.9 Å². The van der Waals surface area contributed by atoms with Gasteiger partial charge in [0.2, 0.25) is 5.95 Å². The molecule has 0 aromatic carbocycles. The maximum atomic E-state index is 11.8. The maximum absolute atomic E-state index is 11.8. The number of Topliss-reactive ketones (excluding diaryl/α,β-unsaturated/α-hetero) is 1. The van der Waals surface area contributed by atoms with Gasteiger partial charge in [-0.2, -0.15) is 4.98 Å². The molecule has 0 spiro atoms. The Balaban J connectivity index is 2.22. The molecule has 1 saturated heterocycles. The smallest absolute Gasteiger partial charge is 0.205 e. The van der Waals surface area contributed by atoms with Crippen LogP contribution in [-0.2, 0) is 11.8 Å². The average molecular weight is 290 g/mol. The molecule has 1 aliphatic rings. The summed E-state index contributed by atoms with van der Waals surface area (Å²) in [6.45, 7) is 6.68. The number of anilines is 1. The lowest BCUT2D eigenvalue weighted by molar-refractivity contribution is 0.0902. The van der Waals surface area contributed by atoms with Crippen molar-refractivity contribution >= 4 is 23.8 Å². The van der Waals surface area contributed by atoms with Crippen molar-refractivity contribution in [2.45, 2.75) is 32.2 Å². The van der Waals surface area contributed by atoms with Crippen molar-refractivity contribution in [3.63, 3.8) is 0 Å². The third-order valence-corrected chi connectivity index (χ3v) is 3.45. The Morgan fingerprint density at radius 3 is 2.90 bits per heavy atom. The summed E-state index contributed by atoms with van der Waals surface area (Å²) in [5, 5.41) is 3.38. The van der Waals surface area contributed by atoms with Crippen LogP contribution in [0.3, 0.4) is 0 Å². The van der Waals surface area contributed by atoms with Crippen LogP contribution in [0.15, 0.2) is 17.6 Å². The van der Waals surface area contributed by atoms with E-state index in [0.717, 1.165) is 26.1 Å². The van der Waals surface area contributed by atoms with E-state index in [0.29, 0.717) is 29.9 Å². The van der Waals surface area contributed by atoms with Gasteiger partial charge in [-0.15, -0.1) is 6.58 Å². The van der Waals surface area contributed by atoms with E-state index in [2.05, 4.69) is 21.9 Å². The fraction of sp³-hybridized carbons (Fsp3) is 0.533. The number of ether oxygens (including phenoxy) is 1. The van der Waals surface area contributed by atoms with E-state index in [4.69, 9.17) is 4.74 Å². The number of hydrogen-bond acceptors (Lipinski definition) is 5. The Bertz CT molecular complexity index is 542. The highest BCUT2D eigenvalue weighted by Gasteiger charge is 2.21. The molecule has 0 bridgehead atoms. The zero-order chi connectivity index (χ0) is 15.2. The van der Waals surface area contributed by atoms with Gasteiger partial charge in [0.05, 0.1) is 0 Å². The van der Waals surface area contributed by atoms with Crippen LogP contribution in [0.5, 0.6) is 0 Å². The van der Waals surface area contributed by atoms with Gasteiger partial charge in [0.25, 0.3) is 0 Å². The first-order chi connectivity index (χ1) is 10.1. The summed E-state index contributed by atoms with van der Waals surface area (Å²) in [6.07, 6.45) is 5.99. The lowest BCUT2D eigenvalue weighted by Crippen LogP contribution is -2.29. The van der Waals surface area contributed by atoms with Gasteiger partial charge in [0.15, 0.2) is 11.6 Å². The number of nitrogens with one attached hydrogen (secondary N) is 1. The summed E-state index contributed by atoms with van der Waals surface area (Å²) in [5.41, 5.74) is 0.518. The van der Waals surface area contributed by atoms with Gasteiger partial charge in [0.1, 0.15) is 5.69 Å². The van der Waals surface area contributed by atoms with Crippen LogP contribution < -0.4 is 5.32 Å². The number of hydrogen-bond donors (Lipinski definition) is 1. The third kappa shape index (κ3) is 3.78. The average Bonchev–Trinajstić information content (AvgIpc) is 2.77. The standard InChI is InChI=1S/C15H22N4O2/c1-4-5-8-16-14-13(11(2)20)19(3)15(18-14)17-12-6-9-21-10-7-12/h4,8,12H,1,5-7,9-10H2,2-3H3,(H,17,18). The van der Waals surface area contributed by atoms with Crippen LogP contribution in [0, 0.1) is 0 Å². The van der Waals surface area contributed by atoms with E-state index < -0.39 is 0 Å².